The summed E-state index contributed by atoms with van der Waals surface area (Å²) in [4.78, 5) is 21.7. The fourth-order valence-electron chi connectivity index (χ4n) is 2.90. The molecule has 0 fully saturated rings. The van der Waals surface area contributed by atoms with Gasteiger partial charge in [-0.3, -0.25) is 9.79 Å². The second-order valence-corrected chi connectivity index (χ2v) is 6.07. The number of aliphatic imine (C=N–C) groups is 2. The largest absolute Gasteiger partial charge is 0.404 e. The Bertz CT molecular complexity index is 841. The van der Waals surface area contributed by atoms with Gasteiger partial charge in [-0.2, -0.15) is 0 Å². The van der Waals surface area contributed by atoms with Crippen molar-refractivity contribution in [2.75, 3.05) is 27.2 Å². The molecule has 5 N–H and O–H groups in total. The number of carbonyl (C=O) groups is 1. The van der Waals surface area contributed by atoms with E-state index >= 15 is 0 Å². The number of nitrogens with one attached hydrogen (secondary N) is 1. The molecule has 1 heterocycles. The maximum atomic E-state index is 14.2. The lowest BCUT2D eigenvalue weighted by atomic mass is 10.0. The first kappa shape index (κ1) is 20.2. The van der Waals surface area contributed by atoms with Crippen molar-refractivity contribution in [1.29, 1.82) is 0 Å². The zero-order chi connectivity index (χ0) is 20.0. The van der Waals surface area contributed by atoms with Gasteiger partial charge in [0.25, 0.3) is 0 Å². The molecule has 7 nitrogen and oxygen atoms in total. The summed E-state index contributed by atoms with van der Waals surface area (Å²) in [6, 6.07) is 4.41. The summed E-state index contributed by atoms with van der Waals surface area (Å²) >= 11 is 0. The number of carbonyl (C=O) groups excluding carboxylic acids is 1. The topological polar surface area (TPSA) is 109 Å². The van der Waals surface area contributed by atoms with Crippen molar-refractivity contribution in [2.45, 2.75) is 13.3 Å². The molecule has 0 spiro atoms. The van der Waals surface area contributed by atoms with Crippen LogP contribution in [0, 0.1) is 5.82 Å². The SMILES string of the molecule is CN=CC(=CN)c1cc(N=C(N)C2=C(NC)CCN(C(C)=O)C2)ccc1F. The van der Waals surface area contributed by atoms with E-state index in [1.807, 2.05) is 7.05 Å². The highest BCUT2D eigenvalue weighted by Gasteiger charge is 2.22. The minimum atomic E-state index is -0.431. The van der Waals surface area contributed by atoms with Gasteiger partial charge in [0, 0.05) is 68.8 Å². The number of amidine groups is 1. The zero-order valence-corrected chi connectivity index (χ0v) is 15.8. The van der Waals surface area contributed by atoms with Crippen LogP contribution in [-0.4, -0.2) is 50.0 Å². The van der Waals surface area contributed by atoms with Gasteiger partial charge in [0.2, 0.25) is 5.91 Å². The van der Waals surface area contributed by atoms with Gasteiger partial charge in [0.05, 0.1) is 12.2 Å². The lowest BCUT2D eigenvalue weighted by Gasteiger charge is -2.29. The number of nitrogens with two attached hydrogens (primary N) is 2. The molecule has 1 aliphatic rings. The molecule has 27 heavy (non-hydrogen) atoms. The van der Waals surface area contributed by atoms with E-state index in [1.54, 1.807) is 18.0 Å². The summed E-state index contributed by atoms with van der Waals surface area (Å²) in [7, 11) is 3.39. The van der Waals surface area contributed by atoms with Gasteiger partial charge in [-0.05, 0) is 18.2 Å². The van der Waals surface area contributed by atoms with Crippen molar-refractivity contribution in [2.24, 2.45) is 21.5 Å². The second kappa shape index (κ2) is 8.98. The van der Waals surface area contributed by atoms with Crippen LogP contribution in [0.5, 0.6) is 0 Å². The van der Waals surface area contributed by atoms with Crippen LogP contribution in [-0.2, 0) is 4.79 Å². The Labute approximate surface area is 158 Å². The summed E-state index contributed by atoms with van der Waals surface area (Å²) in [5.41, 5.74) is 14.7. The Balaban J connectivity index is 2.42. The molecule has 0 unspecified atom stereocenters. The van der Waals surface area contributed by atoms with E-state index in [2.05, 4.69) is 15.3 Å². The molecule has 1 aromatic carbocycles. The minimum Gasteiger partial charge on any atom is -0.404 e. The molecule has 0 bridgehead atoms. The first-order valence-electron chi connectivity index (χ1n) is 8.55. The van der Waals surface area contributed by atoms with E-state index in [-0.39, 0.29) is 17.3 Å². The molecular formula is C19H25FN6O. The average molecular weight is 372 g/mol. The van der Waals surface area contributed by atoms with Crippen LogP contribution in [0.4, 0.5) is 10.1 Å². The van der Waals surface area contributed by atoms with Crippen LogP contribution in [0.3, 0.4) is 0 Å². The first-order valence-corrected chi connectivity index (χ1v) is 8.55. The third kappa shape index (κ3) is 4.72. The quantitative estimate of drug-likeness (QED) is 0.538. The Morgan fingerprint density at radius 3 is 2.74 bits per heavy atom. The fraction of sp³-hybridized carbons (Fsp3) is 0.316. The summed E-state index contributed by atoms with van der Waals surface area (Å²) in [5.74, 6) is -0.166. The van der Waals surface area contributed by atoms with Gasteiger partial charge in [-0.15, -0.1) is 0 Å². The van der Waals surface area contributed by atoms with Gasteiger partial charge in [0.15, 0.2) is 0 Å². The van der Waals surface area contributed by atoms with Crippen LogP contribution in [0.25, 0.3) is 5.57 Å². The molecule has 0 atom stereocenters. The monoisotopic (exact) mass is 372 g/mol. The van der Waals surface area contributed by atoms with Crippen LogP contribution in [0.15, 0.2) is 45.7 Å². The zero-order valence-electron chi connectivity index (χ0n) is 15.8. The molecule has 2 rings (SSSR count). The number of hydrogen-bond donors (Lipinski definition) is 3. The van der Waals surface area contributed by atoms with Gasteiger partial charge in [-0.25, -0.2) is 9.38 Å². The number of nitrogens with zero attached hydrogens (tertiary/aromatic N) is 3. The third-order valence-corrected chi connectivity index (χ3v) is 4.36. The Morgan fingerprint density at radius 1 is 1.41 bits per heavy atom. The molecule has 1 amide bonds. The lowest BCUT2D eigenvalue weighted by molar-refractivity contribution is -0.128. The highest BCUT2D eigenvalue weighted by molar-refractivity contribution is 6.10. The summed E-state index contributed by atoms with van der Waals surface area (Å²) in [6.07, 6.45) is 3.43. The Morgan fingerprint density at radius 2 is 2.15 bits per heavy atom. The number of halogens is 1. The standard InChI is InChI=1S/C19H25FN6O/c1-12(27)26-7-6-18(24-3)16(11-26)19(22)25-14-4-5-17(20)15(8-14)13(9-21)10-23-2/h4-5,8-10,24H,6-7,11,21H2,1-3H3,(H2,22,25). The van der Waals surface area contributed by atoms with Crippen molar-refractivity contribution < 1.29 is 9.18 Å². The highest BCUT2D eigenvalue weighted by Crippen LogP contribution is 2.24. The molecule has 8 heteroatoms. The van der Waals surface area contributed by atoms with Crippen molar-refractivity contribution >= 4 is 29.2 Å². The molecule has 0 saturated carbocycles. The molecule has 1 aliphatic heterocycles. The van der Waals surface area contributed by atoms with Crippen LogP contribution >= 0.6 is 0 Å². The number of rotatable bonds is 5. The highest BCUT2D eigenvalue weighted by atomic mass is 19.1. The third-order valence-electron chi connectivity index (χ3n) is 4.36. The smallest absolute Gasteiger partial charge is 0.219 e. The Kier molecular flexibility index (Phi) is 6.70. The van der Waals surface area contributed by atoms with Crippen LogP contribution in [0.2, 0.25) is 0 Å². The normalized spacial score (nSPS) is 16.2. The predicted octanol–water partition coefficient (Wildman–Crippen LogP) is 1.54. The van der Waals surface area contributed by atoms with Gasteiger partial charge >= 0.3 is 0 Å². The predicted molar refractivity (Wildman–Crippen MR) is 107 cm³/mol. The van der Waals surface area contributed by atoms with E-state index in [0.29, 0.717) is 30.8 Å². The maximum absolute atomic E-state index is 14.2. The number of benzene rings is 1. The molecule has 0 aromatic heterocycles. The van der Waals surface area contributed by atoms with E-state index in [1.165, 1.54) is 31.5 Å². The second-order valence-electron chi connectivity index (χ2n) is 6.07. The first-order chi connectivity index (χ1) is 12.9. The minimum absolute atomic E-state index is 0.0175. The van der Waals surface area contributed by atoms with Gasteiger partial charge < -0.3 is 21.7 Å². The van der Waals surface area contributed by atoms with E-state index < -0.39 is 5.82 Å². The number of allylic oxidation sites excluding steroid dienone is 1. The molecular weight excluding hydrogens is 347 g/mol. The molecule has 1 aromatic rings. The molecule has 144 valence electrons. The van der Waals surface area contributed by atoms with Gasteiger partial charge in [0.1, 0.15) is 11.7 Å². The maximum Gasteiger partial charge on any atom is 0.219 e. The Hall–Kier alpha value is -3.16. The summed E-state index contributed by atoms with van der Waals surface area (Å²) < 4.78 is 14.2. The van der Waals surface area contributed by atoms with Crippen LogP contribution in [0.1, 0.15) is 18.9 Å². The van der Waals surface area contributed by atoms with Crippen LogP contribution < -0.4 is 16.8 Å². The van der Waals surface area contributed by atoms with E-state index in [0.717, 1.165) is 11.3 Å². The average Bonchev–Trinajstić information content (AvgIpc) is 2.67. The van der Waals surface area contributed by atoms with Crippen molar-refractivity contribution in [3.05, 3.63) is 47.0 Å². The summed E-state index contributed by atoms with van der Waals surface area (Å²) in [5, 5.41) is 3.12. The van der Waals surface area contributed by atoms with Gasteiger partial charge in [-0.1, -0.05) is 0 Å². The molecule has 0 radical (unpaired) electrons. The molecule has 0 saturated heterocycles. The van der Waals surface area contributed by atoms with Crippen molar-refractivity contribution in [3.63, 3.8) is 0 Å². The van der Waals surface area contributed by atoms with E-state index in [4.69, 9.17) is 11.5 Å². The number of hydrogen-bond acceptors (Lipinski definition) is 5. The van der Waals surface area contributed by atoms with E-state index in [9.17, 15) is 9.18 Å². The number of amides is 1. The lowest BCUT2D eigenvalue weighted by Crippen LogP contribution is -2.40. The fourth-order valence-corrected chi connectivity index (χ4v) is 2.90. The molecule has 0 aliphatic carbocycles. The van der Waals surface area contributed by atoms with Crippen molar-refractivity contribution in [3.8, 4) is 0 Å². The summed E-state index contributed by atoms with van der Waals surface area (Å²) in [6.45, 7) is 2.53. The van der Waals surface area contributed by atoms with Crippen molar-refractivity contribution in [1.82, 2.24) is 10.2 Å².